The Hall–Kier alpha value is -2.37. The van der Waals surface area contributed by atoms with Gasteiger partial charge >= 0.3 is 5.97 Å². The lowest BCUT2D eigenvalue weighted by Gasteiger charge is -2.23. The molecule has 0 aromatic carbocycles. The molecule has 2 N–H and O–H groups in total. The van der Waals surface area contributed by atoms with Crippen molar-refractivity contribution in [1.82, 2.24) is 14.7 Å². The van der Waals surface area contributed by atoms with E-state index in [2.05, 4.69) is 10.3 Å². The highest BCUT2D eigenvalue weighted by Gasteiger charge is 2.33. The van der Waals surface area contributed by atoms with E-state index in [0.29, 0.717) is 12.1 Å². The van der Waals surface area contributed by atoms with E-state index in [4.69, 9.17) is 0 Å². The molecule has 1 atom stereocenters. The number of nitrogens with zero attached hydrogens (tertiary/aromatic N) is 2. The Labute approximate surface area is 116 Å². The Morgan fingerprint density at radius 1 is 1.45 bits per heavy atom. The Morgan fingerprint density at radius 2 is 2.15 bits per heavy atom. The van der Waals surface area contributed by atoms with E-state index in [9.17, 15) is 14.7 Å². The van der Waals surface area contributed by atoms with E-state index < -0.39 is 17.4 Å². The van der Waals surface area contributed by atoms with Gasteiger partial charge in [0.25, 0.3) is 5.91 Å². The normalized spacial score (nSPS) is 13.9. The van der Waals surface area contributed by atoms with Crippen LogP contribution in [-0.2, 0) is 4.79 Å². The minimum Gasteiger partial charge on any atom is -0.480 e. The number of carboxylic acid groups (broad SMARTS) is 1. The average Bonchev–Trinajstić information content (AvgIpc) is 2.84. The summed E-state index contributed by atoms with van der Waals surface area (Å²) in [5.74, 6) is -1.55. The SMILES string of the molecule is CCC(C)(NC(=O)c1cn2c(C)cccc2n1)C(=O)O. The number of aliphatic carboxylic acids is 1. The Morgan fingerprint density at radius 3 is 2.70 bits per heavy atom. The summed E-state index contributed by atoms with van der Waals surface area (Å²) in [6.45, 7) is 5.10. The lowest BCUT2D eigenvalue weighted by molar-refractivity contribution is -0.143. The molecule has 2 rings (SSSR count). The van der Waals surface area contributed by atoms with E-state index >= 15 is 0 Å². The van der Waals surface area contributed by atoms with Gasteiger partial charge in [0.2, 0.25) is 0 Å². The summed E-state index contributed by atoms with van der Waals surface area (Å²) < 4.78 is 1.79. The van der Waals surface area contributed by atoms with E-state index in [1.165, 1.54) is 6.92 Å². The molecular weight excluding hydrogens is 258 g/mol. The molecule has 1 amide bonds. The lowest BCUT2D eigenvalue weighted by atomic mass is 9.99. The van der Waals surface area contributed by atoms with Gasteiger partial charge in [-0.25, -0.2) is 9.78 Å². The molecule has 0 fully saturated rings. The Bertz CT molecular complexity index is 677. The van der Waals surface area contributed by atoms with E-state index in [1.807, 2.05) is 19.1 Å². The van der Waals surface area contributed by atoms with E-state index in [0.717, 1.165) is 5.69 Å². The van der Waals surface area contributed by atoms with Gasteiger partial charge < -0.3 is 14.8 Å². The second-order valence-electron chi connectivity index (χ2n) is 4.97. The second-order valence-corrected chi connectivity index (χ2v) is 4.97. The van der Waals surface area contributed by atoms with Crippen LogP contribution in [-0.4, -0.2) is 31.9 Å². The number of carbonyl (C=O) groups excluding carboxylic acids is 1. The summed E-state index contributed by atoms with van der Waals surface area (Å²) in [5.41, 5.74) is 0.525. The van der Waals surface area contributed by atoms with Gasteiger partial charge in [-0.05, 0) is 32.4 Å². The molecule has 6 nitrogen and oxygen atoms in total. The fourth-order valence-electron chi connectivity index (χ4n) is 1.87. The monoisotopic (exact) mass is 275 g/mol. The van der Waals surface area contributed by atoms with Crippen molar-refractivity contribution < 1.29 is 14.7 Å². The average molecular weight is 275 g/mol. The molecule has 106 valence electrons. The molecule has 0 aliphatic carbocycles. The third-order valence-electron chi connectivity index (χ3n) is 3.50. The fraction of sp³-hybridized carbons (Fsp3) is 0.357. The first kappa shape index (κ1) is 14.0. The predicted molar refractivity (Wildman–Crippen MR) is 73.7 cm³/mol. The van der Waals surface area contributed by atoms with Crippen molar-refractivity contribution in [3.63, 3.8) is 0 Å². The highest BCUT2D eigenvalue weighted by molar-refractivity contribution is 5.96. The summed E-state index contributed by atoms with van der Waals surface area (Å²) in [7, 11) is 0. The molecule has 6 heteroatoms. The van der Waals surface area contributed by atoms with Crippen LogP contribution in [0.5, 0.6) is 0 Å². The number of nitrogens with one attached hydrogen (secondary N) is 1. The van der Waals surface area contributed by atoms with Gasteiger partial charge in [-0.15, -0.1) is 0 Å². The van der Waals surface area contributed by atoms with Crippen LogP contribution in [0.3, 0.4) is 0 Å². The van der Waals surface area contributed by atoms with Crippen LogP contribution >= 0.6 is 0 Å². The Kier molecular flexibility index (Phi) is 3.48. The maximum Gasteiger partial charge on any atom is 0.329 e. The molecule has 0 aliphatic heterocycles. The number of rotatable bonds is 4. The number of hydrogen-bond donors (Lipinski definition) is 2. The third-order valence-corrected chi connectivity index (χ3v) is 3.50. The van der Waals surface area contributed by atoms with E-state index in [1.54, 1.807) is 23.6 Å². The fourth-order valence-corrected chi connectivity index (χ4v) is 1.87. The standard InChI is InChI=1S/C14H17N3O3/c1-4-14(3,13(19)20)16-12(18)10-8-17-9(2)6-5-7-11(17)15-10/h5-8H,4H2,1-3H3,(H,16,18)(H,19,20). The predicted octanol–water partition coefficient (Wildman–Crippen LogP) is 1.63. The molecule has 0 bridgehead atoms. The summed E-state index contributed by atoms with van der Waals surface area (Å²) >= 11 is 0. The zero-order chi connectivity index (χ0) is 14.9. The molecule has 0 saturated heterocycles. The zero-order valence-corrected chi connectivity index (χ0v) is 11.7. The van der Waals surface area contributed by atoms with Crippen molar-refractivity contribution in [3.8, 4) is 0 Å². The molecule has 0 radical (unpaired) electrons. The minimum absolute atomic E-state index is 0.209. The van der Waals surface area contributed by atoms with Crippen LogP contribution in [0.4, 0.5) is 0 Å². The first-order valence-corrected chi connectivity index (χ1v) is 6.38. The van der Waals surface area contributed by atoms with Crippen LogP contribution in [0.15, 0.2) is 24.4 Å². The van der Waals surface area contributed by atoms with Crippen LogP contribution in [0.1, 0.15) is 36.5 Å². The number of pyridine rings is 1. The van der Waals surface area contributed by atoms with Crippen molar-refractivity contribution in [2.45, 2.75) is 32.7 Å². The largest absolute Gasteiger partial charge is 0.480 e. The van der Waals surface area contributed by atoms with Gasteiger partial charge in [0, 0.05) is 11.9 Å². The third kappa shape index (κ3) is 2.36. The number of aryl methyl sites for hydroxylation is 1. The van der Waals surface area contributed by atoms with E-state index in [-0.39, 0.29) is 5.69 Å². The number of fused-ring (bicyclic) bond motifs is 1. The maximum absolute atomic E-state index is 12.2. The molecule has 20 heavy (non-hydrogen) atoms. The summed E-state index contributed by atoms with van der Waals surface area (Å²) in [6.07, 6.45) is 1.90. The molecule has 1 unspecified atom stereocenters. The highest BCUT2D eigenvalue weighted by Crippen LogP contribution is 2.13. The molecule has 2 heterocycles. The van der Waals surface area contributed by atoms with Crippen LogP contribution < -0.4 is 5.32 Å². The Balaban J connectivity index is 2.32. The van der Waals surface area contributed by atoms with Crippen LogP contribution in [0.25, 0.3) is 5.65 Å². The first-order chi connectivity index (χ1) is 9.37. The minimum atomic E-state index is -1.29. The number of amides is 1. The van der Waals surface area contributed by atoms with Gasteiger partial charge in [-0.1, -0.05) is 13.0 Å². The maximum atomic E-state index is 12.2. The van der Waals surface area contributed by atoms with Crippen LogP contribution in [0.2, 0.25) is 0 Å². The van der Waals surface area contributed by atoms with Crippen molar-refractivity contribution in [2.24, 2.45) is 0 Å². The van der Waals surface area contributed by atoms with Crippen molar-refractivity contribution in [1.29, 1.82) is 0 Å². The van der Waals surface area contributed by atoms with Crippen LogP contribution in [0, 0.1) is 6.92 Å². The van der Waals surface area contributed by atoms with Gasteiger partial charge in [0.05, 0.1) is 0 Å². The number of hydrogen-bond acceptors (Lipinski definition) is 3. The quantitative estimate of drug-likeness (QED) is 0.888. The molecule has 0 saturated carbocycles. The summed E-state index contributed by atoms with van der Waals surface area (Å²) in [5, 5.41) is 11.7. The van der Waals surface area contributed by atoms with Gasteiger partial charge in [0.15, 0.2) is 0 Å². The van der Waals surface area contributed by atoms with Gasteiger partial charge in [-0.3, -0.25) is 4.79 Å². The van der Waals surface area contributed by atoms with Gasteiger partial charge in [-0.2, -0.15) is 0 Å². The number of aromatic nitrogens is 2. The van der Waals surface area contributed by atoms with Crippen molar-refractivity contribution in [2.75, 3.05) is 0 Å². The molecular formula is C14H17N3O3. The lowest BCUT2D eigenvalue weighted by Crippen LogP contribution is -2.51. The van der Waals surface area contributed by atoms with Gasteiger partial charge in [0.1, 0.15) is 16.9 Å². The number of carbonyl (C=O) groups is 2. The highest BCUT2D eigenvalue weighted by atomic mass is 16.4. The smallest absolute Gasteiger partial charge is 0.329 e. The molecule has 2 aromatic heterocycles. The number of imidazole rings is 1. The second kappa shape index (κ2) is 4.96. The summed E-state index contributed by atoms with van der Waals surface area (Å²) in [6, 6.07) is 5.55. The van der Waals surface area contributed by atoms with Crippen molar-refractivity contribution in [3.05, 3.63) is 35.8 Å². The summed E-state index contributed by atoms with van der Waals surface area (Å²) in [4.78, 5) is 27.6. The molecule has 0 aliphatic rings. The van der Waals surface area contributed by atoms with Crippen molar-refractivity contribution >= 4 is 17.5 Å². The number of carboxylic acids is 1. The topological polar surface area (TPSA) is 83.7 Å². The first-order valence-electron chi connectivity index (χ1n) is 6.38. The molecule has 0 spiro atoms. The zero-order valence-electron chi connectivity index (χ0n) is 11.7. The molecule has 2 aromatic rings.